The van der Waals surface area contributed by atoms with Crippen molar-refractivity contribution in [2.45, 2.75) is 6.54 Å². The highest BCUT2D eigenvalue weighted by atomic mass is 35.5. The van der Waals surface area contributed by atoms with Crippen LogP contribution >= 0.6 is 12.4 Å². The predicted octanol–water partition coefficient (Wildman–Crippen LogP) is 4.02. The second-order valence-electron chi connectivity index (χ2n) is 7.79. The Hall–Kier alpha value is -4.77. The molecule has 2 N–H and O–H groups in total. The van der Waals surface area contributed by atoms with Crippen LogP contribution in [0.15, 0.2) is 73.2 Å². The van der Waals surface area contributed by atoms with E-state index in [0.29, 0.717) is 29.0 Å². The van der Waals surface area contributed by atoms with Crippen molar-refractivity contribution in [1.29, 1.82) is 0 Å². The number of aromatic amines is 1. The molecular weight excluding hydrogens is 485 g/mol. The van der Waals surface area contributed by atoms with Crippen LogP contribution in [0.5, 0.6) is 0 Å². The summed E-state index contributed by atoms with van der Waals surface area (Å²) in [4.78, 5) is 25.2. The second kappa shape index (κ2) is 9.47. The van der Waals surface area contributed by atoms with Gasteiger partial charge in [-0.15, -0.1) is 22.6 Å². The average Bonchev–Trinajstić information content (AvgIpc) is 3.53. The minimum atomic E-state index is -0.686. The third-order valence-corrected chi connectivity index (χ3v) is 5.51. The molecule has 0 aliphatic carbocycles. The van der Waals surface area contributed by atoms with Gasteiger partial charge in [0.2, 0.25) is 5.95 Å². The van der Waals surface area contributed by atoms with Crippen LogP contribution in [0.1, 0.15) is 15.9 Å². The lowest BCUT2D eigenvalue weighted by Gasteiger charge is -2.07. The lowest BCUT2D eigenvalue weighted by molar-refractivity contribution is 0.102. The molecule has 0 aliphatic rings. The van der Waals surface area contributed by atoms with Gasteiger partial charge in [0.25, 0.3) is 5.91 Å². The van der Waals surface area contributed by atoms with E-state index < -0.39 is 11.7 Å². The fraction of sp³-hybridized carbons (Fsp3) is 0.0417. The Balaban J connectivity index is 0.00000267. The van der Waals surface area contributed by atoms with Crippen molar-refractivity contribution in [3.8, 4) is 11.3 Å². The summed E-state index contributed by atoms with van der Waals surface area (Å²) in [6.07, 6.45) is 3.07. The van der Waals surface area contributed by atoms with Gasteiger partial charge in [-0.05, 0) is 48.0 Å². The Morgan fingerprint density at radius 1 is 1.03 bits per heavy atom. The van der Waals surface area contributed by atoms with Gasteiger partial charge in [0.15, 0.2) is 5.65 Å². The number of nitrogens with zero attached hydrogens (tertiary/aromatic N) is 7. The predicted molar refractivity (Wildman–Crippen MR) is 133 cm³/mol. The van der Waals surface area contributed by atoms with Gasteiger partial charge in [-0.1, -0.05) is 23.4 Å². The number of fused-ring (bicyclic) bond motifs is 2. The van der Waals surface area contributed by atoms with Crippen molar-refractivity contribution in [2.24, 2.45) is 0 Å². The highest BCUT2D eigenvalue weighted by Gasteiger charge is 2.16. The minimum absolute atomic E-state index is 0. The quantitative estimate of drug-likeness (QED) is 0.365. The number of amides is 1. The maximum Gasteiger partial charge on any atom is 0.261 e. The molecule has 0 aliphatic heterocycles. The smallest absolute Gasteiger partial charge is 0.261 e. The van der Waals surface area contributed by atoms with E-state index in [0.717, 1.165) is 16.5 Å². The van der Waals surface area contributed by atoms with Crippen molar-refractivity contribution in [3.63, 3.8) is 0 Å². The number of carbonyl (C=O) groups is 1. The van der Waals surface area contributed by atoms with Crippen LogP contribution in [0.25, 0.3) is 33.3 Å². The number of pyridine rings is 2. The van der Waals surface area contributed by atoms with E-state index in [1.54, 1.807) is 29.1 Å². The zero-order chi connectivity index (χ0) is 23.8. The Morgan fingerprint density at radius 2 is 1.92 bits per heavy atom. The first-order valence-corrected chi connectivity index (χ1v) is 10.6. The molecule has 0 saturated carbocycles. The topological polar surface area (TPSA) is 127 Å². The third-order valence-electron chi connectivity index (χ3n) is 5.51. The molecule has 4 aromatic heterocycles. The molecule has 36 heavy (non-hydrogen) atoms. The zero-order valence-corrected chi connectivity index (χ0v) is 19.3. The van der Waals surface area contributed by atoms with Crippen molar-refractivity contribution in [1.82, 2.24) is 40.1 Å². The summed E-state index contributed by atoms with van der Waals surface area (Å²) in [6.45, 7) is 0.465. The minimum Gasteiger partial charge on any atom is -0.289 e. The van der Waals surface area contributed by atoms with Crippen LogP contribution in [0.3, 0.4) is 0 Å². The van der Waals surface area contributed by atoms with Crippen molar-refractivity contribution < 1.29 is 9.18 Å². The standard InChI is InChI=1S/C24H16FN9O.ClH/c25-18-11-16(4-5-17(18)23(35)30-24-27-13-28-32-24)20-7-8-21-22(29-20)34(33-31-21)12-14-3-6-19-15(10-14)2-1-9-26-19;/h1-11,13H,12H2,(H2,27,28,30,32,35);1H. The molecule has 6 rings (SSSR count). The van der Waals surface area contributed by atoms with E-state index >= 15 is 0 Å². The molecule has 0 atom stereocenters. The number of aromatic nitrogens is 8. The molecular formula is C24H17ClFN9O. The molecule has 0 radical (unpaired) electrons. The van der Waals surface area contributed by atoms with Crippen LogP contribution < -0.4 is 5.32 Å². The molecule has 0 spiro atoms. The van der Waals surface area contributed by atoms with Crippen molar-refractivity contribution in [3.05, 3.63) is 90.1 Å². The Kier molecular flexibility index (Phi) is 6.05. The van der Waals surface area contributed by atoms with Gasteiger partial charge in [0.05, 0.1) is 23.3 Å². The highest BCUT2D eigenvalue weighted by molar-refractivity contribution is 6.03. The molecule has 0 saturated heterocycles. The van der Waals surface area contributed by atoms with Gasteiger partial charge in [-0.3, -0.25) is 20.2 Å². The molecule has 1 amide bonds. The number of rotatable bonds is 5. The maximum atomic E-state index is 14.8. The Morgan fingerprint density at radius 3 is 2.75 bits per heavy atom. The van der Waals surface area contributed by atoms with Crippen LogP contribution in [-0.4, -0.2) is 46.1 Å². The number of halogens is 2. The second-order valence-corrected chi connectivity index (χ2v) is 7.79. The third kappa shape index (κ3) is 4.34. The van der Waals surface area contributed by atoms with E-state index in [4.69, 9.17) is 0 Å². The monoisotopic (exact) mass is 501 g/mol. The summed E-state index contributed by atoms with van der Waals surface area (Å²) < 4.78 is 16.5. The molecule has 4 heterocycles. The number of benzene rings is 2. The van der Waals surface area contributed by atoms with E-state index in [1.165, 1.54) is 18.5 Å². The highest BCUT2D eigenvalue weighted by Crippen LogP contribution is 2.23. The van der Waals surface area contributed by atoms with E-state index in [9.17, 15) is 9.18 Å². The normalized spacial score (nSPS) is 10.9. The van der Waals surface area contributed by atoms with Crippen LogP contribution in [-0.2, 0) is 6.54 Å². The molecule has 12 heteroatoms. The summed E-state index contributed by atoms with van der Waals surface area (Å²) in [5.41, 5.74) is 4.06. The first kappa shape index (κ1) is 23.0. The summed E-state index contributed by atoms with van der Waals surface area (Å²) in [5, 5.41) is 18.1. The largest absolute Gasteiger partial charge is 0.289 e. The van der Waals surface area contributed by atoms with Crippen LogP contribution in [0.2, 0.25) is 0 Å². The van der Waals surface area contributed by atoms with Crippen molar-refractivity contribution in [2.75, 3.05) is 5.32 Å². The molecule has 6 aromatic rings. The molecule has 178 valence electrons. The number of hydrogen-bond donors (Lipinski definition) is 2. The Bertz CT molecular complexity index is 1700. The molecule has 2 aromatic carbocycles. The molecule has 0 unspecified atom stereocenters. The number of H-pyrrole nitrogens is 1. The number of hydrogen-bond acceptors (Lipinski definition) is 7. The van der Waals surface area contributed by atoms with Gasteiger partial charge in [0.1, 0.15) is 17.7 Å². The SMILES string of the molecule is Cl.O=C(Nc1nc[nH]n1)c1ccc(-c2ccc3nnn(Cc4ccc5ncccc5c4)c3n2)cc1F. The average molecular weight is 502 g/mol. The van der Waals surface area contributed by atoms with Crippen LogP contribution in [0.4, 0.5) is 10.3 Å². The molecule has 0 bridgehead atoms. The van der Waals surface area contributed by atoms with E-state index in [2.05, 4.69) is 46.8 Å². The first-order chi connectivity index (χ1) is 17.1. The fourth-order valence-electron chi connectivity index (χ4n) is 3.81. The van der Waals surface area contributed by atoms with Crippen molar-refractivity contribution >= 4 is 46.3 Å². The van der Waals surface area contributed by atoms with Gasteiger partial charge in [-0.2, -0.15) is 0 Å². The number of carbonyl (C=O) groups excluding carboxylic acids is 1. The zero-order valence-electron chi connectivity index (χ0n) is 18.5. The number of nitrogens with one attached hydrogen (secondary N) is 2. The molecule has 0 fully saturated rings. The van der Waals surface area contributed by atoms with Crippen LogP contribution in [0, 0.1) is 5.82 Å². The summed E-state index contributed by atoms with van der Waals surface area (Å²) in [6, 6.07) is 17.7. The fourth-order valence-corrected chi connectivity index (χ4v) is 3.81. The molecule has 10 nitrogen and oxygen atoms in total. The summed E-state index contributed by atoms with van der Waals surface area (Å²) in [7, 11) is 0. The lowest BCUT2D eigenvalue weighted by atomic mass is 10.1. The van der Waals surface area contributed by atoms with Gasteiger partial charge >= 0.3 is 0 Å². The van der Waals surface area contributed by atoms with E-state index in [1.807, 2.05) is 24.3 Å². The summed E-state index contributed by atoms with van der Waals surface area (Å²) in [5.74, 6) is -1.27. The van der Waals surface area contributed by atoms with Gasteiger partial charge in [-0.25, -0.2) is 19.0 Å². The van der Waals surface area contributed by atoms with Gasteiger partial charge < -0.3 is 0 Å². The Labute approximate surface area is 209 Å². The maximum absolute atomic E-state index is 14.8. The lowest BCUT2D eigenvalue weighted by Crippen LogP contribution is -2.14. The first-order valence-electron chi connectivity index (χ1n) is 10.6. The number of anilines is 1. The summed E-state index contributed by atoms with van der Waals surface area (Å²) >= 11 is 0. The van der Waals surface area contributed by atoms with Gasteiger partial charge in [0, 0.05) is 17.1 Å². The van der Waals surface area contributed by atoms with E-state index in [-0.39, 0.29) is 23.9 Å².